The number of hydrazine groups is 1. The Labute approximate surface area is 202 Å². The summed E-state index contributed by atoms with van der Waals surface area (Å²) >= 11 is 0. The third kappa shape index (κ3) is 6.27. The number of aromatic nitrogens is 2. The first kappa shape index (κ1) is 23.6. The average molecular weight is 488 g/mol. The normalized spacial score (nSPS) is 11.3. The molecule has 2 heterocycles. The minimum atomic E-state index is -3.37. The van der Waals surface area contributed by atoms with E-state index in [1.165, 1.54) is 12.2 Å². The van der Waals surface area contributed by atoms with Crippen molar-refractivity contribution < 1.29 is 18.0 Å². The second-order valence-corrected chi connectivity index (χ2v) is 9.31. The number of rotatable bonds is 6. The molecule has 0 aliphatic rings. The van der Waals surface area contributed by atoms with Gasteiger partial charge in [0.05, 0.1) is 28.7 Å². The Morgan fingerprint density at radius 2 is 1.63 bits per heavy atom. The molecule has 0 atom stereocenters. The van der Waals surface area contributed by atoms with Crippen molar-refractivity contribution in [1.29, 1.82) is 0 Å². The van der Waals surface area contributed by atoms with E-state index in [0.717, 1.165) is 6.26 Å². The van der Waals surface area contributed by atoms with E-state index in [9.17, 15) is 18.0 Å². The number of hydrogen-bond acceptors (Lipinski definition) is 6. The molecule has 0 spiro atoms. The van der Waals surface area contributed by atoms with Crippen LogP contribution in [0.2, 0.25) is 0 Å². The zero-order valence-corrected chi connectivity index (χ0v) is 19.4. The molecule has 0 unspecified atom stereocenters. The number of hydrogen-bond donors (Lipinski definition) is 3. The van der Waals surface area contributed by atoms with Crippen LogP contribution in [-0.2, 0) is 14.8 Å². The Morgan fingerprint density at radius 1 is 0.886 bits per heavy atom. The van der Waals surface area contributed by atoms with E-state index < -0.39 is 21.8 Å². The van der Waals surface area contributed by atoms with Gasteiger partial charge < -0.3 is 0 Å². The lowest BCUT2D eigenvalue weighted by Gasteiger charge is -2.10. The van der Waals surface area contributed by atoms with Gasteiger partial charge in [-0.25, -0.2) is 13.4 Å². The quantitative estimate of drug-likeness (QED) is 0.283. The van der Waals surface area contributed by atoms with E-state index in [1.54, 1.807) is 66.9 Å². The largest absolute Gasteiger partial charge is 0.284 e. The summed E-state index contributed by atoms with van der Waals surface area (Å²) in [5.41, 5.74) is 8.00. The number of carbonyl (C=O) groups is 2. The van der Waals surface area contributed by atoms with Crippen LogP contribution in [0.25, 0.3) is 28.4 Å². The maximum Gasteiger partial charge on any atom is 0.270 e. The van der Waals surface area contributed by atoms with Crippen LogP contribution in [0.3, 0.4) is 0 Å². The second kappa shape index (κ2) is 10.1. The standard InChI is InChI=1S/C25H21N5O4S/c1-35(33,34)30-18-12-9-17(10-13-18)11-14-24(31)28-29-25(32)20-16-23(22-8-4-5-15-26-22)27-21-7-3-2-6-19(20)21/h2-16,30H,1H3,(H,28,31)(H,29,32)/b14-11+. The lowest BCUT2D eigenvalue weighted by Crippen LogP contribution is -2.40. The van der Waals surface area contributed by atoms with Crippen molar-refractivity contribution in [3.63, 3.8) is 0 Å². The second-order valence-electron chi connectivity index (χ2n) is 7.56. The van der Waals surface area contributed by atoms with Gasteiger partial charge in [0.25, 0.3) is 11.8 Å². The molecule has 0 saturated carbocycles. The molecule has 0 bridgehead atoms. The summed E-state index contributed by atoms with van der Waals surface area (Å²) in [4.78, 5) is 34.0. The summed E-state index contributed by atoms with van der Waals surface area (Å²) in [7, 11) is -3.37. The molecular formula is C25H21N5O4S. The van der Waals surface area contributed by atoms with Crippen LogP contribution in [0.4, 0.5) is 5.69 Å². The molecule has 35 heavy (non-hydrogen) atoms. The van der Waals surface area contributed by atoms with Crippen LogP contribution >= 0.6 is 0 Å². The van der Waals surface area contributed by atoms with E-state index in [0.29, 0.717) is 39.1 Å². The van der Waals surface area contributed by atoms with Gasteiger partial charge in [0.2, 0.25) is 10.0 Å². The predicted molar refractivity (Wildman–Crippen MR) is 135 cm³/mol. The van der Waals surface area contributed by atoms with Gasteiger partial charge in [-0.1, -0.05) is 36.4 Å². The third-order valence-corrected chi connectivity index (χ3v) is 5.43. The van der Waals surface area contributed by atoms with Crippen molar-refractivity contribution in [2.45, 2.75) is 0 Å². The van der Waals surface area contributed by atoms with Gasteiger partial charge >= 0.3 is 0 Å². The molecule has 0 saturated heterocycles. The molecule has 10 heteroatoms. The summed E-state index contributed by atoms with van der Waals surface area (Å²) in [6.07, 6.45) is 5.50. The fraction of sp³-hybridized carbons (Fsp3) is 0.0400. The Hall–Kier alpha value is -4.57. The van der Waals surface area contributed by atoms with Gasteiger partial charge in [0, 0.05) is 23.3 Å². The molecule has 0 aliphatic heterocycles. The number of fused-ring (bicyclic) bond motifs is 1. The predicted octanol–water partition coefficient (Wildman–Crippen LogP) is 3.14. The third-order valence-electron chi connectivity index (χ3n) is 4.83. The first-order valence-corrected chi connectivity index (χ1v) is 12.3. The van der Waals surface area contributed by atoms with Crippen molar-refractivity contribution in [3.05, 3.63) is 96.2 Å². The van der Waals surface area contributed by atoms with Crippen LogP contribution < -0.4 is 15.6 Å². The molecule has 4 aromatic rings. The van der Waals surface area contributed by atoms with Gasteiger partial charge in [-0.3, -0.25) is 30.1 Å². The number of amides is 2. The highest BCUT2D eigenvalue weighted by molar-refractivity contribution is 7.92. The van der Waals surface area contributed by atoms with E-state index in [1.807, 2.05) is 12.1 Å². The van der Waals surface area contributed by atoms with E-state index in [2.05, 4.69) is 25.5 Å². The summed E-state index contributed by atoms with van der Waals surface area (Å²) in [6, 6.07) is 20.7. The minimum Gasteiger partial charge on any atom is -0.284 e. The number of benzene rings is 2. The van der Waals surface area contributed by atoms with Crippen molar-refractivity contribution in [3.8, 4) is 11.4 Å². The summed E-state index contributed by atoms with van der Waals surface area (Å²) in [6.45, 7) is 0. The first-order valence-electron chi connectivity index (χ1n) is 10.5. The molecule has 3 N–H and O–H groups in total. The smallest absolute Gasteiger partial charge is 0.270 e. The van der Waals surface area contributed by atoms with Gasteiger partial charge in [-0.05, 0) is 48.0 Å². The number of carbonyl (C=O) groups excluding carboxylic acids is 2. The highest BCUT2D eigenvalue weighted by atomic mass is 32.2. The van der Waals surface area contributed by atoms with Crippen molar-refractivity contribution in [2.24, 2.45) is 0 Å². The highest BCUT2D eigenvalue weighted by Gasteiger charge is 2.14. The molecule has 0 aliphatic carbocycles. The fourth-order valence-electron chi connectivity index (χ4n) is 3.28. The van der Waals surface area contributed by atoms with Crippen LogP contribution in [0.5, 0.6) is 0 Å². The van der Waals surface area contributed by atoms with E-state index in [4.69, 9.17) is 0 Å². The van der Waals surface area contributed by atoms with Gasteiger partial charge in [-0.2, -0.15) is 0 Å². The average Bonchev–Trinajstić information content (AvgIpc) is 2.85. The lowest BCUT2D eigenvalue weighted by atomic mass is 10.1. The summed E-state index contributed by atoms with van der Waals surface area (Å²) in [5.74, 6) is -1.04. The Balaban J connectivity index is 1.45. The molecule has 2 aromatic carbocycles. The zero-order chi connectivity index (χ0) is 24.8. The van der Waals surface area contributed by atoms with Crippen LogP contribution in [-0.4, -0.2) is 36.5 Å². The Bertz CT molecular complexity index is 1520. The van der Waals surface area contributed by atoms with Gasteiger partial charge in [-0.15, -0.1) is 0 Å². The number of nitrogens with one attached hydrogen (secondary N) is 3. The number of pyridine rings is 2. The number of anilines is 1. The Kier molecular flexibility index (Phi) is 6.83. The maximum absolute atomic E-state index is 12.9. The van der Waals surface area contributed by atoms with Gasteiger partial charge in [0.15, 0.2) is 0 Å². The number of sulfonamides is 1. The molecule has 2 amide bonds. The molecule has 9 nitrogen and oxygen atoms in total. The Morgan fingerprint density at radius 3 is 2.34 bits per heavy atom. The summed E-state index contributed by atoms with van der Waals surface area (Å²) < 4.78 is 24.9. The van der Waals surface area contributed by atoms with Crippen molar-refractivity contribution in [2.75, 3.05) is 11.0 Å². The van der Waals surface area contributed by atoms with Crippen LogP contribution in [0, 0.1) is 0 Å². The summed E-state index contributed by atoms with van der Waals surface area (Å²) in [5, 5.41) is 0.636. The molecular weight excluding hydrogens is 466 g/mol. The zero-order valence-electron chi connectivity index (χ0n) is 18.6. The topological polar surface area (TPSA) is 130 Å². The number of nitrogens with zero attached hydrogens (tertiary/aromatic N) is 2. The minimum absolute atomic E-state index is 0.342. The van der Waals surface area contributed by atoms with E-state index >= 15 is 0 Å². The monoisotopic (exact) mass is 487 g/mol. The van der Waals surface area contributed by atoms with Crippen molar-refractivity contribution in [1.82, 2.24) is 20.8 Å². The molecule has 0 fully saturated rings. The maximum atomic E-state index is 12.9. The SMILES string of the molecule is CS(=O)(=O)Nc1ccc(/C=C/C(=O)NNC(=O)c2cc(-c3ccccn3)nc3ccccc23)cc1. The molecule has 0 radical (unpaired) electrons. The fourth-order valence-corrected chi connectivity index (χ4v) is 3.85. The highest BCUT2D eigenvalue weighted by Crippen LogP contribution is 2.23. The molecule has 176 valence electrons. The van der Waals surface area contributed by atoms with Gasteiger partial charge in [0.1, 0.15) is 0 Å². The lowest BCUT2D eigenvalue weighted by molar-refractivity contribution is -0.117. The van der Waals surface area contributed by atoms with Crippen LogP contribution in [0.15, 0.2) is 85.1 Å². The van der Waals surface area contributed by atoms with E-state index in [-0.39, 0.29) is 0 Å². The molecule has 2 aromatic heterocycles. The van der Waals surface area contributed by atoms with Crippen LogP contribution in [0.1, 0.15) is 15.9 Å². The molecule has 4 rings (SSSR count). The van der Waals surface area contributed by atoms with Crippen molar-refractivity contribution >= 4 is 44.5 Å². The first-order chi connectivity index (χ1) is 16.8. The number of para-hydroxylation sites is 1.